The van der Waals surface area contributed by atoms with Gasteiger partial charge in [-0.25, -0.2) is 12.8 Å². The van der Waals surface area contributed by atoms with Crippen LogP contribution in [0.25, 0.3) is 0 Å². The number of nitrogens with zero attached hydrogens (tertiary/aromatic N) is 1. The maximum atomic E-state index is 13.4. The van der Waals surface area contributed by atoms with Gasteiger partial charge in [0.2, 0.25) is 0 Å². The molecule has 3 rings (SSSR count). The lowest BCUT2D eigenvalue weighted by molar-refractivity contribution is 0.414. The van der Waals surface area contributed by atoms with Crippen LogP contribution in [0.1, 0.15) is 18.5 Å². The highest BCUT2D eigenvalue weighted by atomic mass is 32.2. The van der Waals surface area contributed by atoms with E-state index in [2.05, 4.69) is 0 Å². The zero-order valence-corrected chi connectivity index (χ0v) is 15.9. The molecule has 3 aromatic carbocycles. The Morgan fingerprint density at radius 3 is 2.04 bits per heavy atom. The number of hydrogen-bond acceptors (Lipinski definition) is 3. The fourth-order valence-electron chi connectivity index (χ4n) is 2.88. The van der Waals surface area contributed by atoms with E-state index in [-0.39, 0.29) is 4.90 Å². The van der Waals surface area contributed by atoms with Gasteiger partial charge in [0.25, 0.3) is 10.0 Å². The van der Waals surface area contributed by atoms with Crippen LogP contribution in [0.15, 0.2) is 83.8 Å². The van der Waals surface area contributed by atoms with Gasteiger partial charge in [-0.2, -0.15) is 0 Å². The largest absolute Gasteiger partial charge is 0.497 e. The second-order valence-electron chi connectivity index (χ2n) is 6.04. The third-order valence-electron chi connectivity index (χ3n) is 4.33. The zero-order chi connectivity index (χ0) is 19.4. The molecule has 0 heterocycles. The summed E-state index contributed by atoms with van der Waals surface area (Å²) in [6.07, 6.45) is 0. The smallest absolute Gasteiger partial charge is 0.264 e. The van der Waals surface area contributed by atoms with Crippen molar-refractivity contribution in [3.05, 3.63) is 90.2 Å². The molecule has 0 radical (unpaired) electrons. The number of rotatable bonds is 6. The van der Waals surface area contributed by atoms with Crippen molar-refractivity contribution in [3.8, 4) is 5.75 Å². The third kappa shape index (κ3) is 3.95. The first kappa shape index (κ1) is 18.9. The number of hydrogen-bond donors (Lipinski definition) is 0. The van der Waals surface area contributed by atoms with E-state index in [4.69, 9.17) is 4.74 Å². The van der Waals surface area contributed by atoms with Gasteiger partial charge in [0.15, 0.2) is 0 Å². The van der Waals surface area contributed by atoms with Gasteiger partial charge in [0, 0.05) is 0 Å². The van der Waals surface area contributed by atoms with Gasteiger partial charge in [0.05, 0.1) is 23.7 Å². The molecule has 3 aromatic rings. The number of methoxy groups -OCH3 is 1. The summed E-state index contributed by atoms with van der Waals surface area (Å²) in [6, 6.07) is 20.5. The quantitative estimate of drug-likeness (QED) is 0.613. The first-order valence-corrected chi connectivity index (χ1v) is 9.86. The normalized spacial score (nSPS) is 12.4. The second-order valence-corrected chi connectivity index (χ2v) is 7.85. The monoisotopic (exact) mass is 385 g/mol. The third-order valence-corrected chi connectivity index (χ3v) is 6.24. The van der Waals surface area contributed by atoms with E-state index >= 15 is 0 Å². The summed E-state index contributed by atoms with van der Waals surface area (Å²) in [7, 11) is -2.32. The topological polar surface area (TPSA) is 46.6 Å². The number of benzene rings is 3. The van der Waals surface area contributed by atoms with E-state index in [1.165, 1.54) is 16.4 Å². The molecule has 0 saturated heterocycles. The Labute approximate surface area is 158 Å². The number of halogens is 1. The van der Waals surface area contributed by atoms with E-state index in [9.17, 15) is 12.8 Å². The molecule has 0 saturated carbocycles. The van der Waals surface area contributed by atoms with Gasteiger partial charge < -0.3 is 4.74 Å². The Morgan fingerprint density at radius 1 is 0.889 bits per heavy atom. The van der Waals surface area contributed by atoms with Crippen molar-refractivity contribution in [3.63, 3.8) is 0 Å². The van der Waals surface area contributed by atoms with E-state index in [0.29, 0.717) is 11.4 Å². The maximum absolute atomic E-state index is 13.4. The average Bonchev–Trinajstić information content (AvgIpc) is 2.69. The fourth-order valence-corrected chi connectivity index (χ4v) is 4.53. The van der Waals surface area contributed by atoms with Crippen molar-refractivity contribution in [1.82, 2.24) is 0 Å². The summed E-state index contributed by atoms with van der Waals surface area (Å²) in [5.41, 5.74) is 1.34. The van der Waals surface area contributed by atoms with Crippen molar-refractivity contribution >= 4 is 15.7 Å². The standard InChI is InChI=1S/C21H20FNO3S/c1-16(17-8-12-20(26-2)13-9-17)23(19-6-4-3-5-7-19)27(24,25)21-14-10-18(22)11-15-21/h3-16H,1-2H3/t16-/m0/s1. The van der Waals surface area contributed by atoms with Gasteiger partial charge in [-0.1, -0.05) is 30.3 Å². The molecule has 0 aliphatic heterocycles. The van der Waals surface area contributed by atoms with Gasteiger partial charge in [0.1, 0.15) is 11.6 Å². The lowest BCUT2D eigenvalue weighted by Crippen LogP contribution is -2.33. The summed E-state index contributed by atoms with van der Waals surface area (Å²) in [5, 5.41) is 0. The molecule has 0 aliphatic carbocycles. The maximum Gasteiger partial charge on any atom is 0.264 e. The Hall–Kier alpha value is -2.86. The molecule has 0 aliphatic rings. The zero-order valence-electron chi connectivity index (χ0n) is 15.0. The van der Waals surface area contributed by atoms with Crippen molar-refractivity contribution in [2.45, 2.75) is 17.9 Å². The molecule has 0 N–H and O–H groups in total. The number of ether oxygens (including phenoxy) is 1. The van der Waals surface area contributed by atoms with Crippen LogP contribution in [-0.2, 0) is 10.0 Å². The molecule has 0 aromatic heterocycles. The van der Waals surface area contributed by atoms with E-state index in [0.717, 1.165) is 17.7 Å². The first-order chi connectivity index (χ1) is 12.9. The van der Waals surface area contributed by atoms with Crippen LogP contribution >= 0.6 is 0 Å². The Bertz CT molecular complexity index is 988. The average molecular weight is 385 g/mol. The van der Waals surface area contributed by atoms with Gasteiger partial charge in [-0.05, 0) is 61.0 Å². The summed E-state index contributed by atoms with van der Waals surface area (Å²) in [6.45, 7) is 1.82. The van der Waals surface area contributed by atoms with Gasteiger partial charge >= 0.3 is 0 Å². The van der Waals surface area contributed by atoms with Crippen molar-refractivity contribution in [1.29, 1.82) is 0 Å². The minimum atomic E-state index is -3.90. The molecule has 140 valence electrons. The van der Waals surface area contributed by atoms with Crippen LogP contribution in [0.3, 0.4) is 0 Å². The highest BCUT2D eigenvalue weighted by Gasteiger charge is 2.30. The summed E-state index contributed by atoms with van der Waals surface area (Å²) in [5.74, 6) is 0.210. The van der Waals surface area contributed by atoms with Crippen LogP contribution < -0.4 is 9.04 Å². The first-order valence-electron chi connectivity index (χ1n) is 8.42. The summed E-state index contributed by atoms with van der Waals surface area (Å²) >= 11 is 0. The molecule has 0 fully saturated rings. The van der Waals surface area contributed by atoms with Gasteiger partial charge in [-0.15, -0.1) is 0 Å². The lowest BCUT2D eigenvalue weighted by Gasteiger charge is -2.31. The molecule has 27 heavy (non-hydrogen) atoms. The highest BCUT2D eigenvalue weighted by Crippen LogP contribution is 2.33. The van der Waals surface area contributed by atoms with E-state index < -0.39 is 21.9 Å². The highest BCUT2D eigenvalue weighted by molar-refractivity contribution is 7.92. The lowest BCUT2D eigenvalue weighted by atomic mass is 10.1. The molecule has 0 unspecified atom stereocenters. The van der Waals surface area contributed by atoms with Crippen molar-refractivity contribution in [2.75, 3.05) is 11.4 Å². The van der Waals surface area contributed by atoms with Crippen LogP contribution in [-0.4, -0.2) is 15.5 Å². The molecular formula is C21H20FNO3S. The van der Waals surface area contributed by atoms with E-state index in [1.807, 2.05) is 25.1 Å². The summed E-state index contributed by atoms with van der Waals surface area (Å²) in [4.78, 5) is 0.0353. The van der Waals surface area contributed by atoms with E-state index in [1.54, 1.807) is 43.5 Å². The second kappa shape index (κ2) is 7.80. The van der Waals surface area contributed by atoms with Crippen LogP contribution in [0.5, 0.6) is 5.75 Å². The molecule has 0 spiro atoms. The van der Waals surface area contributed by atoms with Gasteiger partial charge in [-0.3, -0.25) is 4.31 Å². The summed E-state index contributed by atoms with van der Waals surface area (Å²) < 4.78 is 46.5. The number of sulfonamides is 1. The minimum absolute atomic E-state index is 0.0353. The fraction of sp³-hybridized carbons (Fsp3) is 0.143. The minimum Gasteiger partial charge on any atom is -0.497 e. The SMILES string of the molecule is COc1ccc([C@H](C)N(c2ccccc2)S(=O)(=O)c2ccc(F)cc2)cc1. The van der Waals surface area contributed by atoms with Crippen LogP contribution in [0, 0.1) is 5.82 Å². The molecule has 4 nitrogen and oxygen atoms in total. The molecule has 0 amide bonds. The molecular weight excluding hydrogens is 365 g/mol. The number of anilines is 1. The Kier molecular flexibility index (Phi) is 5.46. The van der Waals surface area contributed by atoms with Crippen molar-refractivity contribution in [2.24, 2.45) is 0 Å². The predicted molar refractivity (Wildman–Crippen MR) is 104 cm³/mol. The Balaban J connectivity index is 2.09. The molecule has 6 heteroatoms. The molecule has 1 atom stereocenters. The number of para-hydroxylation sites is 1. The Morgan fingerprint density at radius 2 is 1.48 bits per heavy atom. The van der Waals surface area contributed by atoms with Crippen LogP contribution in [0.2, 0.25) is 0 Å². The molecule has 0 bridgehead atoms. The van der Waals surface area contributed by atoms with Crippen LogP contribution in [0.4, 0.5) is 10.1 Å². The van der Waals surface area contributed by atoms with Crippen molar-refractivity contribution < 1.29 is 17.5 Å². The predicted octanol–water partition coefficient (Wildman–Crippen LogP) is 4.79.